The van der Waals surface area contributed by atoms with Crippen molar-refractivity contribution in [2.24, 2.45) is 0 Å². The highest BCUT2D eigenvalue weighted by Crippen LogP contribution is 2.63. The summed E-state index contributed by atoms with van der Waals surface area (Å²) in [7, 11) is 12.7. The molecule has 11 heteroatoms. The molecule has 0 bridgehead atoms. The first-order valence-electron chi connectivity index (χ1n) is 7.89. The Morgan fingerprint density at radius 2 is 1.35 bits per heavy atom. The Labute approximate surface area is 174 Å². The summed E-state index contributed by atoms with van der Waals surface area (Å²) < 4.78 is 40.1. The van der Waals surface area contributed by atoms with E-state index in [0.717, 1.165) is 10.8 Å². The van der Waals surface area contributed by atoms with Crippen molar-refractivity contribution in [1.29, 1.82) is 0 Å². The largest absolute Gasteiger partial charge is 0.379 e. The highest BCUT2D eigenvalue weighted by molar-refractivity contribution is 8.79. The molecular weight excluding hydrogens is 463 g/mol. The van der Waals surface area contributed by atoms with Gasteiger partial charge < -0.3 is 14.2 Å². The van der Waals surface area contributed by atoms with Gasteiger partial charge in [-0.25, -0.2) is 8.42 Å². The summed E-state index contributed by atoms with van der Waals surface area (Å²) in [4.78, 5) is 0.309. The van der Waals surface area contributed by atoms with E-state index < -0.39 is 16.5 Å². The van der Waals surface area contributed by atoms with E-state index in [4.69, 9.17) is 46.3 Å². The van der Waals surface area contributed by atoms with Gasteiger partial charge in [-0.05, 0) is 69.1 Å². The van der Waals surface area contributed by atoms with Gasteiger partial charge in [0.25, 0.3) is 0 Å². The van der Waals surface area contributed by atoms with E-state index >= 15 is 0 Å². The molecular formula is C15H23Cl3O5S3. The van der Waals surface area contributed by atoms with Crippen molar-refractivity contribution in [3.63, 3.8) is 0 Å². The van der Waals surface area contributed by atoms with Crippen LogP contribution in [0.25, 0.3) is 0 Å². The van der Waals surface area contributed by atoms with Crippen molar-refractivity contribution < 1.29 is 22.6 Å². The Morgan fingerprint density at radius 1 is 0.808 bits per heavy atom. The second-order valence-electron chi connectivity index (χ2n) is 4.99. The molecule has 0 radical (unpaired) electrons. The molecule has 1 rings (SSSR count). The molecule has 0 aliphatic rings. The van der Waals surface area contributed by atoms with Gasteiger partial charge in [0.2, 0.25) is 8.87 Å². The minimum atomic E-state index is -3.32. The van der Waals surface area contributed by atoms with Crippen LogP contribution in [0.15, 0.2) is 35.2 Å². The Bertz CT molecular complexity index is 582. The van der Waals surface area contributed by atoms with Gasteiger partial charge in [0.15, 0.2) is 0 Å². The molecule has 0 saturated heterocycles. The maximum Gasteiger partial charge on any atom is 0.230 e. The van der Waals surface area contributed by atoms with Crippen molar-refractivity contribution >= 4 is 59.4 Å². The van der Waals surface area contributed by atoms with Gasteiger partial charge in [0.1, 0.15) is 0 Å². The molecule has 0 heterocycles. The molecule has 0 aliphatic carbocycles. The third kappa shape index (κ3) is 12.9. The molecule has 0 aromatic heterocycles. The van der Waals surface area contributed by atoms with Crippen molar-refractivity contribution in [2.75, 3.05) is 51.1 Å². The Kier molecular flexibility index (Phi) is 13.0. The fourth-order valence-corrected chi connectivity index (χ4v) is 5.79. The molecule has 26 heavy (non-hydrogen) atoms. The maximum atomic E-state index is 12.0. The molecule has 1 aromatic carbocycles. The van der Waals surface area contributed by atoms with Gasteiger partial charge in [0, 0.05) is 18.1 Å². The third-order valence-corrected chi connectivity index (χ3v) is 8.55. The summed E-state index contributed by atoms with van der Waals surface area (Å²) >= 11 is 0. The topological polar surface area (TPSA) is 61.8 Å². The zero-order valence-electron chi connectivity index (χ0n) is 14.2. The molecule has 0 saturated carbocycles. The maximum absolute atomic E-state index is 12.0. The predicted molar refractivity (Wildman–Crippen MR) is 113 cm³/mol. The lowest BCUT2D eigenvalue weighted by molar-refractivity contribution is 0.0177. The number of rotatable bonds is 15. The normalized spacial score (nSPS) is 13.0. The molecule has 0 N–H and O–H groups in total. The minimum absolute atomic E-state index is 0.309. The van der Waals surface area contributed by atoms with Crippen molar-refractivity contribution in [3.8, 4) is 0 Å². The van der Waals surface area contributed by atoms with E-state index in [1.54, 1.807) is 30.3 Å². The second kappa shape index (κ2) is 13.7. The van der Waals surface area contributed by atoms with E-state index in [-0.39, 0.29) is 0 Å². The molecule has 0 unspecified atom stereocenters. The lowest BCUT2D eigenvalue weighted by Crippen LogP contribution is -2.11. The van der Waals surface area contributed by atoms with Crippen molar-refractivity contribution in [2.45, 2.75) is 11.3 Å². The van der Waals surface area contributed by atoms with Crippen LogP contribution in [0.1, 0.15) is 6.42 Å². The predicted octanol–water partition coefficient (Wildman–Crippen LogP) is 4.81. The first kappa shape index (κ1) is 24.7. The Morgan fingerprint density at radius 3 is 1.92 bits per heavy atom. The van der Waals surface area contributed by atoms with Crippen LogP contribution in [0, 0.1) is 0 Å². The Balaban J connectivity index is 1.91. The monoisotopic (exact) mass is 484 g/mol. The standard InChI is InChI=1S/C15H23Cl3O5S3/c16-25(17,18)14-4-7-21-8-9-22-10-11-23-12-13-24-26(19,20)15-5-2-1-3-6-15/h1-3,5-6H,4,7-14H2. The zero-order chi connectivity index (χ0) is 19.3. The molecule has 1 aromatic rings. The van der Waals surface area contributed by atoms with Gasteiger partial charge in [-0.2, -0.15) is 0 Å². The number of halogens is 3. The van der Waals surface area contributed by atoms with E-state index in [1.165, 1.54) is 0 Å². The van der Waals surface area contributed by atoms with Crippen LogP contribution in [0.2, 0.25) is 0 Å². The molecule has 5 nitrogen and oxygen atoms in total. The smallest absolute Gasteiger partial charge is 0.230 e. The van der Waals surface area contributed by atoms with Gasteiger partial charge in [-0.1, -0.05) is 18.2 Å². The molecule has 0 fully saturated rings. The van der Waals surface area contributed by atoms with Gasteiger partial charge in [0.05, 0.1) is 37.9 Å². The summed E-state index contributed by atoms with van der Waals surface area (Å²) in [6.07, 6.45) is 0.707. The van der Waals surface area contributed by atoms with E-state index in [1.807, 2.05) is 0 Å². The third-order valence-electron chi connectivity index (χ3n) is 2.91. The molecule has 0 aliphatic heterocycles. The Hall–Kier alpha value is 0.620. The fourth-order valence-electron chi connectivity index (χ4n) is 1.72. The number of benzene rings is 1. The van der Waals surface area contributed by atoms with Gasteiger partial charge in [-0.15, -0.1) is 0 Å². The summed E-state index contributed by atoms with van der Waals surface area (Å²) in [6.45, 7) is 2.64. The highest BCUT2D eigenvalue weighted by Gasteiger charge is 2.14. The van der Waals surface area contributed by atoms with Crippen LogP contribution in [0.4, 0.5) is 0 Å². The molecule has 152 valence electrons. The molecule has 0 amide bonds. The van der Waals surface area contributed by atoms with Crippen LogP contribution in [0.3, 0.4) is 0 Å². The lowest BCUT2D eigenvalue weighted by Gasteiger charge is -2.14. The first-order chi connectivity index (χ1) is 12.3. The lowest BCUT2D eigenvalue weighted by atomic mass is 10.4. The SMILES string of the molecule is O=S(=O)(SCCOCCOCCOCCCS(Cl)(Cl)Cl)c1ccccc1. The average Bonchev–Trinajstić information content (AvgIpc) is 2.59. The van der Waals surface area contributed by atoms with Gasteiger partial charge in [-0.3, -0.25) is 0 Å². The van der Waals surface area contributed by atoms with Crippen LogP contribution in [0.5, 0.6) is 0 Å². The van der Waals surface area contributed by atoms with Crippen LogP contribution < -0.4 is 0 Å². The summed E-state index contributed by atoms with van der Waals surface area (Å²) in [5, 5.41) is 0. The fraction of sp³-hybridized carbons (Fsp3) is 0.600. The zero-order valence-corrected chi connectivity index (χ0v) is 18.9. The van der Waals surface area contributed by atoms with Crippen LogP contribution in [-0.2, 0) is 23.1 Å². The number of ether oxygens (including phenoxy) is 3. The number of hydrogen-bond acceptors (Lipinski definition) is 6. The highest BCUT2D eigenvalue weighted by atomic mass is 36.2. The number of hydrogen-bond donors (Lipinski definition) is 0. The average molecular weight is 486 g/mol. The molecule has 0 spiro atoms. The van der Waals surface area contributed by atoms with E-state index in [0.29, 0.717) is 62.5 Å². The van der Waals surface area contributed by atoms with Crippen LogP contribution in [-0.4, -0.2) is 59.6 Å². The molecule has 0 atom stereocenters. The second-order valence-corrected chi connectivity index (χ2v) is 16.6. The summed E-state index contributed by atoms with van der Waals surface area (Å²) in [5.41, 5.74) is 0. The van der Waals surface area contributed by atoms with Crippen molar-refractivity contribution in [1.82, 2.24) is 0 Å². The summed E-state index contributed by atoms with van der Waals surface area (Å²) in [5.74, 6) is 0.899. The minimum Gasteiger partial charge on any atom is -0.379 e. The van der Waals surface area contributed by atoms with Crippen molar-refractivity contribution in [3.05, 3.63) is 30.3 Å². The quantitative estimate of drug-likeness (QED) is 0.262. The van der Waals surface area contributed by atoms with Gasteiger partial charge >= 0.3 is 0 Å². The van der Waals surface area contributed by atoms with Crippen LogP contribution >= 0.6 is 50.5 Å². The van der Waals surface area contributed by atoms with E-state index in [9.17, 15) is 8.42 Å². The first-order valence-corrected chi connectivity index (χ1v) is 15.2. The summed E-state index contributed by atoms with van der Waals surface area (Å²) in [6, 6.07) is 8.35. The van der Waals surface area contributed by atoms with E-state index in [2.05, 4.69) is 0 Å².